The van der Waals surface area contributed by atoms with Gasteiger partial charge in [-0.1, -0.05) is 45.0 Å². The number of benzene rings is 2. The maximum absolute atomic E-state index is 12.3. The molecule has 1 saturated heterocycles. The number of piperazine rings is 1. The number of aromatic hydroxyl groups is 1. The van der Waals surface area contributed by atoms with Crippen LogP contribution in [0.5, 0.6) is 5.75 Å². The summed E-state index contributed by atoms with van der Waals surface area (Å²) < 4.78 is 0. The van der Waals surface area contributed by atoms with E-state index in [0.717, 1.165) is 38.3 Å². The highest BCUT2D eigenvalue weighted by molar-refractivity contribution is 5.78. The molecule has 1 heterocycles. The average Bonchev–Trinajstić information content (AvgIpc) is 2.69. The van der Waals surface area contributed by atoms with Crippen molar-refractivity contribution < 1.29 is 9.90 Å². The maximum atomic E-state index is 12.3. The third kappa shape index (κ3) is 6.23. The predicted molar refractivity (Wildman–Crippen MR) is 119 cm³/mol. The highest BCUT2D eigenvalue weighted by atomic mass is 16.3. The van der Waals surface area contributed by atoms with Crippen LogP contribution in [0, 0.1) is 0 Å². The third-order valence-electron chi connectivity index (χ3n) is 5.51. The van der Waals surface area contributed by atoms with Gasteiger partial charge in [0.2, 0.25) is 5.91 Å². The van der Waals surface area contributed by atoms with Gasteiger partial charge in [0.05, 0.1) is 6.54 Å². The van der Waals surface area contributed by atoms with Gasteiger partial charge in [-0.05, 0) is 47.2 Å². The monoisotopic (exact) mass is 395 g/mol. The Morgan fingerprint density at radius 1 is 0.966 bits per heavy atom. The predicted octanol–water partition coefficient (Wildman–Crippen LogP) is 3.17. The van der Waals surface area contributed by atoms with Crippen molar-refractivity contribution >= 4 is 11.6 Å². The van der Waals surface area contributed by atoms with Crippen LogP contribution in [0.2, 0.25) is 0 Å². The van der Waals surface area contributed by atoms with Crippen molar-refractivity contribution in [2.24, 2.45) is 0 Å². The zero-order valence-corrected chi connectivity index (χ0v) is 17.8. The number of hydrogen-bond acceptors (Lipinski definition) is 4. The molecular formula is C24H33N3O2. The number of rotatable bonds is 6. The molecule has 2 N–H and O–H groups in total. The van der Waals surface area contributed by atoms with E-state index in [1.165, 1.54) is 11.1 Å². The van der Waals surface area contributed by atoms with Gasteiger partial charge in [-0.3, -0.25) is 9.69 Å². The van der Waals surface area contributed by atoms with Crippen LogP contribution < -0.4 is 10.2 Å². The fraction of sp³-hybridized carbons (Fsp3) is 0.458. The lowest BCUT2D eigenvalue weighted by atomic mass is 9.86. The summed E-state index contributed by atoms with van der Waals surface area (Å²) in [5.74, 6) is 0.378. The van der Waals surface area contributed by atoms with Crippen molar-refractivity contribution in [2.45, 2.75) is 32.6 Å². The largest absolute Gasteiger partial charge is 0.508 e. The van der Waals surface area contributed by atoms with Gasteiger partial charge in [0.15, 0.2) is 0 Å². The Labute approximate surface area is 174 Å². The number of nitrogens with one attached hydrogen (secondary N) is 1. The van der Waals surface area contributed by atoms with Crippen LogP contribution in [0.15, 0.2) is 48.5 Å². The van der Waals surface area contributed by atoms with Gasteiger partial charge in [0.1, 0.15) is 5.75 Å². The van der Waals surface area contributed by atoms with Gasteiger partial charge in [0, 0.05) is 38.4 Å². The molecule has 0 bridgehead atoms. The molecular weight excluding hydrogens is 362 g/mol. The second-order valence-corrected chi connectivity index (χ2v) is 8.83. The molecule has 0 radical (unpaired) electrons. The van der Waals surface area contributed by atoms with E-state index in [2.05, 4.69) is 60.2 Å². The highest BCUT2D eigenvalue weighted by Crippen LogP contribution is 2.22. The van der Waals surface area contributed by atoms with Crippen molar-refractivity contribution in [3.05, 3.63) is 59.7 Å². The quantitative estimate of drug-likeness (QED) is 0.789. The lowest BCUT2D eigenvalue weighted by Gasteiger charge is -2.35. The number of phenols is 1. The van der Waals surface area contributed by atoms with Crippen molar-refractivity contribution in [3.8, 4) is 5.75 Å². The molecule has 5 heteroatoms. The molecule has 0 spiro atoms. The molecule has 1 aliphatic heterocycles. The molecule has 2 aromatic carbocycles. The van der Waals surface area contributed by atoms with Gasteiger partial charge in [-0.2, -0.15) is 0 Å². The van der Waals surface area contributed by atoms with E-state index >= 15 is 0 Å². The molecule has 0 aliphatic carbocycles. The molecule has 5 nitrogen and oxygen atoms in total. The fourth-order valence-corrected chi connectivity index (χ4v) is 3.60. The standard InChI is InChI=1S/C24H33N3O2/c1-24(2,3)20-6-4-19(5-7-20)12-13-25-23(29)18-26-14-16-27(17-15-26)21-8-10-22(28)11-9-21/h4-11,28H,12-18H2,1-3H3,(H,25,29). The summed E-state index contributed by atoms with van der Waals surface area (Å²) in [6.07, 6.45) is 0.852. The number of nitrogens with zero attached hydrogens (tertiary/aromatic N) is 2. The average molecular weight is 396 g/mol. The van der Waals surface area contributed by atoms with Crippen molar-refractivity contribution in [3.63, 3.8) is 0 Å². The molecule has 0 atom stereocenters. The summed E-state index contributed by atoms with van der Waals surface area (Å²) in [5.41, 5.74) is 3.86. The molecule has 1 aliphatic rings. The Kier molecular flexibility index (Phi) is 6.80. The van der Waals surface area contributed by atoms with E-state index in [1.54, 1.807) is 12.1 Å². The number of carbonyl (C=O) groups is 1. The van der Waals surface area contributed by atoms with Gasteiger partial charge in [-0.15, -0.1) is 0 Å². The molecule has 0 aromatic heterocycles. The molecule has 2 aromatic rings. The second-order valence-electron chi connectivity index (χ2n) is 8.83. The zero-order chi connectivity index (χ0) is 20.9. The number of carbonyl (C=O) groups excluding carboxylic acids is 1. The summed E-state index contributed by atoms with van der Waals surface area (Å²) in [5, 5.41) is 12.5. The molecule has 156 valence electrons. The smallest absolute Gasteiger partial charge is 0.234 e. The Morgan fingerprint density at radius 2 is 1.59 bits per heavy atom. The first-order chi connectivity index (χ1) is 13.8. The lowest BCUT2D eigenvalue weighted by molar-refractivity contribution is -0.122. The van der Waals surface area contributed by atoms with Crippen LogP contribution in [-0.2, 0) is 16.6 Å². The summed E-state index contributed by atoms with van der Waals surface area (Å²) in [7, 11) is 0. The molecule has 0 saturated carbocycles. The van der Waals surface area contributed by atoms with Crippen LogP contribution in [0.3, 0.4) is 0 Å². The second kappa shape index (κ2) is 9.31. The first-order valence-electron chi connectivity index (χ1n) is 10.4. The normalized spacial score (nSPS) is 15.3. The van der Waals surface area contributed by atoms with Crippen molar-refractivity contribution in [2.75, 3.05) is 44.2 Å². The third-order valence-corrected chi connectivity index (χ3v) is 5.51. The van der Waals surface area contributed by atoms with Crippen molar-refractivity contribution in [1.82, 2.24) is 10.2 Å². The van der Waals surface area contributed by atoms with Crippen LogP contribution in [0.4, 0.5) is 5.69 Å². The topological polar surface area (TPSA) is 55.8 Å². The first kappa shape index (κ1) is 21.2. The van der Waals surface area contributed by atoms with Gasteiger partial charge in [0.25, 0.3) is 0 Å². The molecule has 3 rings (SSSR count). The molecule has 29 heavy (non-hydrogen) atoms. The summed E-state index contributed by atoms with van der Waals surface area (Å²) in [4.78, 5) is 16.8. The first-order valence-corrected chi connectivity index (χ1v) is 10.4. The fourth-order valence-electron chi connectivity index (χ4n) is 3.60. The molecule has 1 fully saturated rings. The maximum Gasteiger partial charge on any atom is 0.234 e. The van der Waals surface area contributed by atoms with E-state index in [-0.39, 0.29) is 17.1 Å². The summed E-state index contributed by atoms with van der Waals surface area (Å²) in [6, 6.07) is 16.0. The Morgan fingerprint density at radius 3 is 2.17 bits per heavy atom. The number of phenolic OH excluding ortho intramolecular Hbond substituents is 1. The Balaban J connectivity index is 1.36. The zero-order valence-electron chi connectivity index (χ0n) is 17.8. The number of anilines is 1. The molecule has 1 amide bonds. The number of hydrogen-bond donors (Lipinski definition) is 2. The van der Waals surface area contributed by atoms with Crippen LogP contribution >= 0.6 is 0 Å². The number of amides is 1. The van der Waals surface area contributed by atoms with Gasteiger partial charge >= 0.3 is 0 Å². The van der Waals surface area contributed by atoms with Crippen LogP contribution in [0.1, 0.15) is 31.9 Å². The van der Waals surface area contributed by atoms with Gasteiger partial charge in [-0.25, -0.2) is 0 Å². The van der Waals surface area contributed by atoms with Crippen LogP contribution in [0.25, 0.3) is 0 Å². The Hall–Kier alpha value is -2.53. The minimum atomic E-state index is 0.0920. The van der Waals surface area contributed by atoms with E-state index in [1.807, 2.05) is 12.1 Å². The molecule has 0 unspecified atom stereocenters. The summed E-state index contributed by atoms with van der Waals surface area (Å²) >= 11 is 0. The van der Waals surface area contributed by atoms with Crippen LogP contribution in [-0.4, -0.2) is 55.2 Å². The van der Waals surface area contributed by atoms with E-state index in [0.29, 0.717) is 13.1 Å². The Bertz CT molecular complexity index is 786. The minimum absolute atomic E-state index is 0.0920. The van der Waals surface area contributed by atoms with Gasteiger partial charge < -0.3 is 15.3 Å². The SMILES string of the molecule is CC(C)(C)c1ccc(CCNC(=O)CN2CCN(c3ccc(O)cc3)CC2)cc1. The van der Waals surface area contributed by atoms with E-state index in [9.17, 15) is 9.90 Å². The lowest BCUT2D eigenvalue weighted by Crippen LogP contribution is -2.49. The highest BCUT2D eigenvalue weighted by Gasteiger charge is 2.19. The van der Waals surface area contributed by atoms with E-state index in [4.69, 9.17) is 0 Å². The summed E-state index contributed by atoms with van der Waals surface area (Å²) in [6.45, 7) is 11.3. The minimum Gasteiger partial charge on any atom is -0.508 e. The van der Waals surface area contributed by atoms with Crippen molar-refractivity contribution in [1.29, 1.82) is 0 Å². The van der Waals surface area contributed by atoms with E-state index < -0.39 is 0 Å².